The molecule has 0 radical (unpaired) electrons. The van der Waals surface area contributed by atoms with Crippen molar-refractivity contribution in [3.05, 3.63) is 0 Å². The molecule has 0 aromatic rings. The molecule has 0 amide bonds. The van der Waals surface area contributed by atoms with Gasteiger partial charge in [-0.05, 0) is 25.9 Å². The molecule has 0 unspecified atom stereocenters. The summed E-state index contributed by atoms with van der Waals surface area (Å²) in [6.07, 6.45) is 3.03. The van der Waals surface area contributed by atoms with Gasteiger partial charge in [0.2, 0.25) is 0 Å². The maximum atomic E-state index is 8.29. The number of rotatable bonds is 3. The van der Waals surface area contributed by atoms with Crippen molar-refractivity contribution in [2.75, 3.05) is 19.6 Å². The Labute approximate surface area is 67.8 Å². The van der Waals surface area contributed by atoms with Crippen LogP contribution in [-0.4, -0.2) is 25.7 Å². The van der Waals surface area contributed by atoms with Crippen LogP contribution in [0, 0.1) is 11.3 Å². The molecule has 2 N–H and O–H groups in total. The van der Waals surface area contributed by atoms with Crippen molar-refractivity contribution in [3.63, 3.8) is 0 Å². The smallest absolute Gasteiger partial charge is 0.0635 e. The van der Waals surface area contributed by atoms with E-state index in [1.165, 1.54) is 12.8 Å². The van der Waals surface area contributed by atoms with Gasteiger partial charge in [-0.25, -0.2) is 0 Å². The molecule has 3 nitrogen and oxygen atoms in total. The molecule has 11 heavy (non-hydrogen) atoms. The Hall–Kier alpha value is -0.590. The second kappa shape index (κ2) is 5.11. The first-order valence-corrected chi connectivity index (χ1v) is 4.24. The van der Waals surface area contributed by atoms with E-state index in [2.05, 4.69) is 16.7 Å². The number of nitrogens with one attached hydrogen (secondary N) is 2. The molecule has 1 rings (SSSR count). The molecule has 0 aliphatic carbocycles. The molecular formula is C8H15N3. The molecule has 0 spiro atoms. The van der Waals surface area contributed by atoms with Gasteiger partial charge in [0.15, 0.2) is 0 Å². The van der Waals surface area contributed by atoms with Crippen molar-refractivity contribution in [2.24, 2.45) is 0 Å². The fourth-order valence-corrected chi connectivity index (χ4v) is 1.36. The fourth-order valence-electron chi connectivity index (χ4n) is 1.36. The van der Waals surface area contributed by atoms with Crippen LogP contribution in [0.2, 0.25) is 0 Å². The molecular weight excluding hydrogens is 138 g/mol. The second-order valence-corrected chi connectivity index (χ2v) is 2.89. The van der Waals surface area contributed by atoms with Crippen molar-refractivity contribution in [1.82, 2.24) is 10.6 Å². The van der Waals surface area contributed by atoms with Gasteiger partial charge >= 0.3 is 0 Å². The Kier molecular flexibility index (Phi) is 3.95. The van der Waals surface area contributed by atoms with Crippen LogP contribution in [0.1, 0.15) is 19.3 Å². The van der Waals surface area contributed by atoms with Crippen LogP contribution in [0.4, 0.5) is 0 Å². The van der Waals surface area contributed by atoms with E-state index in [0.29, 0.717) is 12.5 Å². The lowest BCUT2D eigenvalue weighted by molar-refractivity contribution is 0.391. The van der Waals surface area contributed by atoms with Gasteiger partial charge in [0.05, 0.1) is 6.07 Å². The molecule has 1 aliphatic rings. The number of hydrogen-bond acceptors (Lipinski definition) is 3. The predicted molar refractivity (Wildman–Crippen MR) is 44.1 cm³/mol. The molecule has 0 saturated carbocycles. The molecule has 0 aromatic carbocycles. The number of hydrogen-bond donors (Lipinski definition) is 2. The first-order valence-electron chi connectivity index (χ1n) is 4.24. The zero-order valence-electron chi connectivity index (χ0n) is 6.77. The molecule has 62 valence electrons. The van der Waals surface area contributed by atoms with E-state index < -0.39 is 0 Å². The van der Waals surface area contributed by atoms with Crippen molar-refractivity contribution in [1.29, 1.82) is 5.26 Å². The van der Waals surface area contributed by atoms with E-state index in [0.717, 1.165) is 19.6 Å². The quantitative estimate of drug-likeness (QED) is 0.571. The average Bonchev–Trinajstić information content (AvgIpc) is 2.07. The SMILES string of the molecule is N#CCCNC1CCNCC1. The van der Waals surface area contributed by atoms with Gasteiger partial charge in [0, 0.05) is 19.0 Å². The van der Waals surface area contributed by atoms with Gasteiger partial charge in [0.25, 0.3) is 0 Å². The fraction of sp³-hybridized carbons (Fsp3) is 0.875. The molecule has 1 heterocycles. The molecule has 1 fully saturated rings. The van der Waals surface area contributed by atoms with Gasteiger partial charge in [-0.15, -0.1) is 0 Å². The lowest BCUT2D eigenvalue weighted by atomic mass is 10.1. The Morgan fingerprint density at radius 3 is 2.82 bits per heavy atom. The van der Waals surface area contributed by atoms with E-state index in [1.807, 2.05) is 0 Å². The highest BCUT2D eigenvalue weighted by Gasteiger charge is 2.10. The Bertz CT molecular complexity index is 133. The maximum Gasteiger partial charge on any atom is 0.0635 e. The second-order valence-electron chi connectivity index (χ2n) is 2.89. The lowest BCUT2D eigenvalue weighted by Gasteiger charge is -2.23. The zero-order chi connectivity index (χ0) is 7.94. The topological polar surface area (TPSA) is 47.9 Å². The highest BCUT2D eigenvalue weighted by molar-refractivity contribution is 4.77. The predicted octanol–water partition coefficient (Wildman–Crippen LogP) is 0.242. The van der Waals surface area contributed by atoms with E-state index in [1.54, 1.807) is 0 Å². The van der Waals surface area contributed by atoms with Crippen LogP contribution in [0.3, 0.4) is 0 Å². The molecule has 0 atom stereocenters. The van der Waals surface area contributed by atoms with Gasteiger partial charge in [-0.1, -0.05) is 0 Å². The third kappa shape index (κ3) is 3.35. The van der Waals surface area contributed by atoms with E-state index in [-0.39, 0.29) is 0 Å². The monoisotopic (exact) mass is 153 g/mol. The highest BCUT2D eigenvalue weighted by atomic mass is 15.0. The minimum atomic E-state index is 0.629. The summed E-state index contributed by atoms with van der Waals surface area (Å²) in [7, 11) is 0. The van der Waals surface area contributed by atoms with Crippen LogP contribution in [0.25, 0.3) is 0 Å². The van der Waals surface area contributed by atoms with Gasteiger partial charge < -0.3 is 10.6 Å². The van der Waals surface area contributed by atoms with Crippen LogP contribution in [-0.2, 0) is 0 Å². The van der Waals surface area contributed by atoms with Gasteiger partial charge in [-0.2, -0.15) is 5.26 Å². The zero-order valence-corrected chi connectivity index (χ0v) is 6.77. The molecule has 1 saturated heterocycles. The largest absolute Gasteiger partial charge is 0.317 e. The Morgan fingerprint density at radius 2 is 2.18 bits per heavy atom. The van der Waals surface area contributed by atoms with Crippen LogP contribution in [0.5, 0.6) is 0 Å². The number of piperidine rings is 1. The van der Waals surface area contributed by atoms with Crippen molar-refractivity contribution in [3.8, 4) is 6.07 Å². The summed E-state index contributed by atoms with van der Waals surface area (Å²) in [5, 5.41) is 15.0. The summed E-state index contributed by atoms with van der Waals surface area (Å²) in [6.45, 7) is 3.08. The molecule has 0 bridgehead atoms. The highest BCUT2D eigenvalue weighted by Crippen LogP contribution is 2.00. The van der Waals surface area contributed by atoms with E-state index in [4.69, 9.17) is 5.26 Å². The third-order valence-corrected chi connectivity index (χ3v) is 2.01. The number of nitrogens with zero attached hydrogens (tertiary/aromatic N) is 1. The summed E-state index contributed by atoms with van der Waals surface area (Å²) in [6, 6.07) is 2.77. The van der Waals surface area contributed by atoms with Crippen LogP contribution in [0.15, 0.2) is 0 Å². The summed E-state index contributed by atoms with van der Waals surface area (Å²) in [4.78, 5) is 0. The van der Waals surface area contributed by atoms with E-state index in [9.17, 15) is 0 Å². The minimum absolute atomic E-state index is 0.629. The van der Waals surface area contributed by atoms with Crippen LogP contribution >= 0.6 is 0 Å². The molecule has 3 heteroatoms. The third-order valence-electron chi connectivity index (χ3n) is 2.01. The first-order chi connectivity index (χ1) is 5.43. The number of nitriles is 1. The summed E-state index contributed by atoms with van der Waals surface area (Å²) in [5.41, 5.74) is 0. The average molecular weight is 153 g/mol. The van der Waals surface area contributed by atoms with Gasteiger partial charge in [-0.3, -0.25) is 0 Å². The standard InChI is InChI=1S/C8H15N3/c9-4-1-5-11-8-2-6-10-7-3-8/h8,10-11H,1-3,5-7H2. The normalized spacial score (nSPS) is 19.5. The lowest BCUT2D eigenvalue weighted by Crippen LogP contribution is -2.40. The first kappa shape index (κ1) is 8.51. The van der Waals surface area contributed by atoms with Crippen LogP contribution < -0.4 is 10.6 Å². The minimum Gasteiger partial charge on any atom is -0.317 e. The Balaban J connectivity index is 2.01. The van der Waals surface area contributed by atoms with Gasteiger partial charge in [0.1, 0.15) is 0 Å². The van der Waals surface area contributed by atoms with Crippen molar-refractivity contribution in [2.45, 2.75) is 25.3 Å². The summed E-state index contributed by atoms with van der Waals surface area (Å²) >= 11 is 0. The maximum absolute atomic E-state index is 8.29. The molecule has 0 aromatic heterocycles. The summed E-state index contributed by atoms with van der Waals surface area (Å²) < 4.78 is 0. The van der Waals surface area contributed by atoms with Crippen molar-refractivity contribution >= 4 is 0 Å². The van der Waals surface area contributed by atoms with Crippen molar-refractivity contribution < 1.29 is 0 Å². The summed E-state index contributed by atoms with van der Waals surface area (Å²) in [5.74, 6) is 0. The van der Waals surface area contributed by atoms with E-state index >= 15 is 0 Å². The Morgan fingerprint density at radius 1 is 1.45 bits per heavy atom. The molecule has 1 aliphatic heterocycles.